The summed E-state index contributed by atoms with van der Waals surface area (Å²) in [6, 6.07) is 8.07. The van der Waals surface area contributed by atoms with Crippen molar-refractivity contribution in [3.8, 4) is 0 Å². The number of halogens is 2. The fraction of sp³-hybridized carbons (Fsp3) is 0.611. The Morgan fingerprint density at radius 1 is 1.23 bits per heavy atom. The van der Waals surface area contributed by atoms with Crippen molar-refractivity contribution in [2.24, 2.45) is 0 Å². The zero-order chi connectivity index (χ0) is 16.9. The van der Waals surface area contributed by atoms with Gasteiger partial charge < -0.3 is 25.0 Å². The summed E-state index contributed by atoms with van der Waals surface area (Å²) in [5.74, 6) is 0.0137. The summed E-state index contributed by atoms with van der Waals surface area (Å²) in [5.41, 5.74) is 1.92. The Balaban J connectivity index is 0.00000169. The van der Waals surface area contributed by atoms with Crippen molar-refractivity contribution in [1.29, 1.82) is 0 Å². The van der Waals surface area contributed by atoms with Crippen molar-refractivity contribution in [2.75, 3.05) is 43.1 Å². The van der Waals surface area contributed by atoms with Crippen molar-refractivity contribution in [3.63, 3.8) is 0 Å². The molecular formula is C18H29Cl2N3O3. The quantitative estimate of drug-likeness (QED) is 0.805. The first-order valence-corrected chi connectivity index (χ1v) is 8.72. The van der Waals surface area contributed by atoms with E-state index < -0.39 is 0 Å². The summed E-state index contributed by atoms with van der Waals surface area (Å²) >= 11 is 0. The number of nitrogens with zero attached hydrogens (tertiary/aromatic N) is 1. The van der Waals surface area contributed by atoms with E-state index in [9.17, 15) is 4.79 Å². The SMILES string of the molecule is CC1CN(c2ccccc2NC(=O)CC2COCCN2)CC(C)O1.Cl.Cl. The lowest BCUT2D eigenvalue weighted by Gasteiger charge is -2.37. The molecule has 0 aromatic heterocycles. The van der Waals surface area contributed by atoms with Crippen molar-refractivity contribution < 1.29 is 14.3 Å². The van der Waals surface area contributed by atoms with Crippen molar-refractivity contribution in [3.05, 3.63) is 24.3 Å². The third-order valence-electron chi connectivity index (χ3n) is 4.37. The Morgan fingerprint density at radius 2 is 1.92 bits per heavy atom. The Morgan fingerprint density at radius 3 is 2.58 bits per heavy atom. The van der Waals surface area contributed by atoms with Crippen LogP contribution in [0.5, 0.6) is 0 Å². The van der Waals surface area contributed by atoms with E-state index in [1.165, 1.54) is 0 Å². The van der Waals surface area contributed by atoms with Crippen LogP contribution < -0.4 is 15.5 Å². The van der Waals surface area contributed by atoms with Gasteiger partial charge in [0, 0.05) is 32.1 Å². The van der Waals surface area contributed by atoms with Crippen LogP contribution in [0.25, 0.3) is 0 Å². The summed E-state index contributed by atoms with van der Waals surface area (Å²) in [6.45, 7) is 7.93. The van der Waals surface area contributed by atoms with Crippen molar-refractivity contribution in [1.82, 2.24) is 5.32 Å². The Kier molecular flexibility index (Phi) is 9.68. The van der Waals surface area contributed by atoms with Crippen LogP contribution in [0.4, 0.5) is 11.4 Å². The number of carbonyl (C=O) groups is 1. The average Bonchev–Trinajstić information content (AvgIpc) is 2.55. The molecule has 0 radical (unpaired) electrons. The third-order valence-corrected chi connectivity index (χ3v) is 4.37. The van der Waals surface area contributed by atoms with Gasteiger partial charge in [-0.1, -0.05) is 12.1 Å². The third kappa shape index (κ3) is 6.28. The lowest BCUT2D eigenvalue weighted by atomic mass is 10.1. The normalized spacial score (nSPS) is 25.6. The van der Waals surface area contributed by atoms with Crippen LogP contribution >= 0.6 is 24.8 Å². The summed E-state index contributed by atoms with van der Waals surface area (Å²) < 4.78 is 11.2. The smallest absolute Gasteiger partial charge is 0.226 e. The maximum absolute atomic E-state index is 12.4. The van der Waals surface area contributed by atoms with Gasteiger partial charge in [-0.2, -0.15) is 0 Å². The Labute approximate surface area is 167 Å². The molecule has 0 bridgehead atoms. The number of nitrogens with one attached hydrogen (secondary N) is 2. The maximum Gasteiger partial charge on any atom is 0.226 e. The first-order valence-electron chi connectivity index (χ1n) is 8.72. The van der Waals surface area contributed by atoms with E-state index in [-0.39, 0.29) is 49.0 Å². The topological polar surface area (TPSA) is 62.8 Å². The van der Waals surface area contributed by atoms with E-state index >= 15 is 0 Å². The molecule has 1 amide bonds. The van der Waals surface area contributed by atoms with E-state index in [1.807, 2.05) is 18.2 Å². The maximum atomic E-state index is 12.4. The van der Waals surface area contributed by atoms with E-state index in [0.717, 1.165) is 31.0 Å². The second-order valence-corrected chi connectivity index (χ2v) is 6.66. The molecule has 0 saturated carbocycles. The van der Waals surface area contributed by atoms with E-state index in [2.05, 4.69) is 35.4 Å². The minimum Gasteiger partial charge on any atom is -0.378 e. The Hall–Kier alpha value is -1.05. The number of rotatable bonds is 4. The van der Waals surface area contributed by atoms with Crippen LogP contribution in [0.3, 0.4) is 0 Å². The summed E-state index contributed by atoms with van der Waals surface area (Å²) in [7, 11) is 0. The van der Waals surface area contributed by atoms with Crippen LogP contribution in [-0.2, 0) is 14.3 Å². The van der Waals surface area contributed by atoms with Crippen molar-refractivity contribution in [2.45, 2.75) is 38.5 Å². The zero-order valence-electron chi connectivity index (χ0n) is 15.3. The number of para-hydroxylation sites is 2. The fourth-order valence-corrected chi connectivity index (χ4v) is 3.41. The van der Waals surface area contributed by atoms with Gasteiger partial charge in [0.05, 0.1) is 36.8 Å². The molecule has 2 heterocycles. The van der Waals surface area contributed by atoms with Gasteiger partial charge in [0.25, 0.3) is 0 Å². The fourth-order valence-electron chi connectivity index (χ4n) is 3.41. The number of morpholine rings is 2. The molecule has 6 nitrogen and oxygen atoms in total. The standard InChI is InChI=1S/C18H27N3O3.2ClH/c1-13-10-21(11-14(2)24-13)17-6-4-3-5-16(17)20-18(22)9-15-12-23-8-7-19-15;;/h3-6,13-15,19H,7-12H2,1-2H3,(H,20,22);2*1H. The molecule has 2 saturated heterocycles. The highest BCUT2D eigenvalue weighted by Gasteiger charge is 2.24. The van der Waals surface area contributed by atoms with E-state index in [4.69, 9.17) is 9.47 Å². The monoisotopic (exact) mass is 405 g/mol. The average molecular weight is 406 g/mol. The second-order valence-electron chi connectivity index (χ2n) is 6.66. The van der Waals surface area contributed by atoms with Gasteiger partial charge in [0.2, 0.25) is 5.91 Å². The molecule has 2 N–H and O–H groups in total. The zero-order valence-corrected chi connectivity index (χ0v) is 16.9. The summed E-state index contributed by atoms with van der Waals surface area (Å²) in [6.07, 6.45) is 0.784. The van der Waals surface area contributed by atoms with Crippen LogP contribution in [0.1, 0.15) is 20.3 Å². The number of ether oxygens (including phenoxy) is 2. The van der Waals surface area contributed by atoms with Gasteiger partial charge in [0.15, 0.2) is 0 Å². The number of anilines is 2. The van der Waals surface area contributed by atoms with Gasteiger partial charge in [-0.15, -0.1) is 24.8 Å². The molecule has 1 aromatic carbocycles. The van der Waals surface area contributed by atoms with Crippen LogP contribution in [0.2, 0.25) is 0 Å². The first-order chi connectivity index (χ1) is 11.6. The number of hydrogen-bond acceptors (Lipinski definition) is 5. The lowest BCUT2D eigenvalue weighted by molar-refractivity contribution is -0.117. The molecule has 0 aliphatic carbocycles. The highest BCUT2D eigenvalue weighted by atomic mass is 35.5. The molecule has 1 aromatic rings. The molecule has 8 heteroatoms. The Bertz CT molecular complexity index is 560. The van der Waals surface area contributed by atoms with Crippen LogP contribution in [-0.4, -0.2) is 57.0 Å². The molecule has 2 aliphatic heterocycles. The predicted octanol–water partition coefficient (Wildman–Crippen LogP) is 2.46. The van der Waals surface area contributed by atoms with Gasteiger partial charge in [-0.25, -0.2) is 0 Å². The van der Waals surface area contributed by atoms with Crippen LogP contribution in [0, 0.1) is 0 Å². The van der Waals surface area contributed by atoms with Gasteiger partial charge >= 0.3 is 0 Å². The van der Waals surface area contributed by atoms with E-state index in [1.54, 1.807) is 0 Å². The minimum absolute atomic E-state index is 0. The van der Waals surface area contributed by atoms with E-state index in [0.29, 0.717) is 19.6 Å². The largest absolute Gasteiger partial charge is 0.378 e. The predicted molar refractivity (Wildman–Crippen MR) is 109 cm³/mol. The molecule has 3 atom stereocenters. The highest BCUT2D eigenvalue weighted by Crippen LogP contribution is 2.28. The molecule has 3 unspecified atom stereocenters. The molecule has 3 rings (SSSR count). The highest BCUT2D eigenvalue weighted by molar-refractivity contribution is 5.94. The molecule has 0 spiro atoms. The second kappa shape index (κ2) is 10.9. The van der Waals surface area contributed by atoms with Gasteiger partial charge in [-0.05, 0) is 26.0 Å². The summed E-state index contributed by atoms with van der Waals surface area (Å²) in [5, 5.41) is 6.38. The minimum atomic E-state index is 0. The molecule has 2 aliphatic rings. The lowest BCUT2D eigenvalue weighted by Crippen LogP contribution is -2.46. The molecular weight excluding hydrogens is 377 g/mol. The van der Waals surface area contributed by atoms with Gasteiger partial charge in [0.1, 0.15) is 0 Å². The number of amides is 1. The number of benzene rings is 1. The summed E-state index contributed by atoms with van der Waals surface area (Å²) in [4.78, 5) is 14.7. The number of hydrogen-bond donors (Lipinski definition) is 2. The first kappa shape index (κ1) is 23.0. The number of carbonyl (C=O) groups excluding carboxylic acids is 1. The molecule has 2 fully saturated rings. The van der Waals surface area contributed by atoms with Crippen molar-refractivity contribution >= 4 is 42.1 Å². The van der Waals surface area contributed by atoms with Crippen LogP contribution in [0.15, 0.2) is 24.3 Å². The molecule has 26 heavy (non-hydrogen) atoms. The molecule has 148 valence electrons. The van der Waals surface area contributed by atoms with Gasteiger partial charge in [-0.3, -0.25) is 4.79 Å².